The van der Waals surface area contributed by atoms with Gasteiger partial charge in [0.15, 0.2) is 23.0 Å². The number of hydrogen-bond donors (Lipinski definition) is 0. The Morgan fingerprint density at radius 3 is 0.943 bits per heavy atom. The minimum Gasteiger partial charge on any atom is -0.290 e. The number of benzene rings is 6. The van der Waals surface area contributed by atoms with Crippen molar-refractivity contribution in [3.05, 3.63) is 166 Å². The molecule has 0 heterocycles. The quantitative estimate of drug-likeness (QED) is 0.0656. The Kier molecular flexibility index (Phi) is 20.8. The van der Waals surface area contributed by atoms with Crippen LogP contribution in [0.2, 0.25) is 0 Å². The van der Waals surface area contributed by atoms with Gasteiger partial charge in [-0.3, -0.25) is 19.6 Å². The molecule has 0 N–H and O–H groups in total. The van der Waals surface area contributed by atoms with Crippen molar-refractivity contribution in [1.29, 1.82) is 0 Å². The molecule has 6 rings (SSSR count). The molecule has 0 aromatic heterocycles. The van der Waals surface area contributed by atoms with Crippen LogP contribution in [0.15, 0.2) is 121 Å². The summed E-state index contributed by atoms with van der Waals surface area (Å²) in [6, 6.07) is 42.7. The second-order valence-corrected chi connectivity index (χ2v) is 25.1. The zero-order chi connectivity index (χ0) is 52.2. The lowest BCUT2D eigenvalue weighted by atomic mass is 9.84. The second-order valence-electron chi connectivity index (χ2n) is 23.8. The fourth-order valence-corrected chi connectivity index (χ4v) is 8.39. The summed E-state index contributed by atoms with van der Waals surface area (Å²) in [5.74, 6) is 4.42. The molecule has 0 spiro atoms. The van der Waals surface area contributed by atoms with Crippen LogP contribution in [0.25, 0.3) is 11.1 Å². The third-order valence-corrected chi connectivity index (χ3v) is 13.0. The SMILES string of the molecule is CC(C)Cc1ccc(OOc2ccc(CC(C)C)cc2C(C)(C)C)c(C(C)(C)C)c1.CCc1cc(C(C)(C)C)ccc1OOc1ccc(C(C)(C)C)cc1CC.Pc1ccc(-c2ccc(P)cc2)cc1. The smallest absolute Gasteiger partial charge is 0.182 e. The van der Waals surface area contributed by atoms with Gasteiger partial charge in [0.2, 0.25) is 0 Å². The molecular weight excluding hydrogens is 895 g/mol. The van der Waals surface area contributed by atoms with Gasteiger partial charge in [0.05, 0.1) is 0 Å². The van der Waals surface area contributed by atoms with Crippen LogP contribution in [0.1, 0.15) is 169 Å². The fraction of sp³-hybridized carbons (Fsp3) is 0.438. The van der Waals surface area contributed by atoms with Crippen LogP contribution in [-0.4, -0.2) is 0 Å². The highest BCUT2D eigenvalue weighted by Gasteiger charge is 2.24. The lowest BCUT2D eigenvalue weighted by Gasteiger charge is -2.25. The van der Waals surface area contributed by atoms with Crippen molar-refractivity contribution in [1.82, 2.24) is 0 Å². The standard InChI is InChI=1S/C28H42O2.C24H34O2.C12H12P2/c1-19(2)15-21-11-13-25(23(17-21)27(5,6)7)29-30-26-14-12-22(16-20(3)4)18-24(26)28(8,9)10;1-9-17-15-19(23(3,4)5)11-13-21(17)25-26-22-14-12-20(24(6,7)8)16-18(22)10-2;13-11-5-1-9(2-6-11)10-3-7-12(14)8-4-10/h11-14,17-20H,15-16H2,1-10H3;11-16H,9-10H2,1-8H3;1-8H,13-14H2. The molecule has 2 atom stereocenters. The summed E-state index contributed by atoms with van der Waals surface area (Å²) >= 11 is 0. The summed E-state index contributed by atoms with van der Waals surface area (Å²) in [4.78, 5) is 23.4. The van der Waals surface area contributed by atoms with Crippen LogP contribution >= 0.6 is 18.5 Å². The molecular formula is C64H88O4P2. The molecule has 0 amide bonds. The van der Waals surface area contributed by atoms with E-state index in [-0.39, 0.29) is 21.7 Å². The van der Waals surface area contributed by atoms with Gasteiger partial charge in [0, 0.05) is 11.1 Å². The highest BCUT2D eigenvalue weighted by atomic mass is 31.0. The Morgan fingerprint density at radius 1 is 0.371 bits per heavy atom. The average molecular weight is 983 g/mol. The van der Waals surface area contributed by atoms with Crippen molar-refractivity contribution in [2.75, 3.05) is 0 Å². The molecule has 6 heteroatoms. The fourth-order valence-electron chi connectivity index (χ4n) is 8.01. The van der Waals surface area contributed by atoms with Gasteiger partial charge >= 0.3 is 0 Å². The van der Waals surface area contributed by atoms with Gasteiger partial charge in [0.1, 0.15) is 0 Å². The van der Waals surface area contributed by atoms with Crippen LogP contribution in [0, 0.1) is 11.8 Å². The normalized spacial score (nSPS) is 11.9. The zero-order valence-corrected chi connectivity index (χ0v) is 48.6. The highest BCUT2D eigenvalue weighted by molar-refractivity contribution is 7.27. The molecule has 2 unspecified atom stereocenters. The lowest BCUT2D eigenvalue weighted by molar-refractivity contribution is -0.103. The Balaban J connectivity index is 0.000000242. The monoisotopic (exact) mass is 983 g/mol. The van der Waals surface area contributed by atoms with Gasteiger partial charge in [-0.2, -0.15) is 0 Å². The largest absolute Gasteiger partial charge is 0.290 e. The maximum atomic E-state index is 5.97. The van der Waals surface area contributed by atoms with Crippen LogP contribution in [0.5, 0.6) is 23.0 Å². The molecule has 6 aromatic carbocycles. The van der Waals surface area contributed by atoms with E-state index in [0.29, 0.717) is 11.8 Å². The molecule has 0 saturated carbocycles. The predicted molar refractivity (Wildman–Crippen MR) is 309 cm³/mol. The molecule has 0 fully saturated rings. The van der Waals surface area contributed by atoms with Crippen molar-refractivity contribution in [2.45, 2.75) is 172 Å². The summed E-state index contributed by atoms with van der Waals surface area (Å²) in [6.07, 6.45) is 3.95. The first-order valence-electron chi connectivity index (χ1n) is 25.5. The van der Waals surface area contributed by atoms with Crippen LogP contribution < -0.4 is 30.2 Å². The molecule has 0 aliphatic carbocycles. The first-order chi connectivity index (χ1) is 32.6. The number of rotatable bonds is 13. The van der Waals surface area contributed by atoms with Crippen molar-refractivity contribution in [2.24, 2.45) is 11.8 Å². The molecule has 6 aromatic rings. The molecule has 0 aliphatic rings. The lowest BCUT2D eigenvalue weighted by Crippen LogP contribution is -2.18. The average Bonchev–Trinajstić information content (AvgIpc) is 3.27. The molecule has 0 aliphatic heterocycles. The summed E-state index contributed by atoms with van der Waals surface area (Å²) in [5.41, 5.74) is 12.7. The Bertz CT molecular complexity index is 2380. The van der Waals surface area contributed by atoms with Gasteiger partial charge < -0.3 is 0 Å². The van der Waals surface area contributed by atoms with E-state index in [4.69, 9.17) is 19.6 Å². The van der Waals surface area contributed by atoms with Crippen LogP contribution in [0.3, 0.4) is 0 Å². The Hall–Kier alpha value is -4.62. The van der Waals surface area contributed by atoms with Gasteiger partial charge in [0.25, 0.3) is 0 Å². The first-order valence-corrected chi connectivity index (χ1v) is 26.7. The van der Waals surface area contributed by atoms with E-state index in [1.165, 1.54) is 66.2 Å². The summed E-state index contributed by atoms with van der Waals surface area (Å²) in [7, 11) is 5.39. The van der Waals surface area contributed by atoms with E-state index in [9.17, 15) is 0 Å². The minimum absolute atomic E-state index is 0.0281. The van der Waals surface area contributed by atoms with E-state index >= 15 is 0 Å². The number of hydrogen-bond acceptors (Lipinski definition) is 4. The van der Waals surface area contributed by atoms with Crippen molar-refractivity contribution < 1.29 is 19.6 Å². The predicted octanol–water partition coefficient (Wildman–Crippen LogP) is 17.2. The van der Waals surface area contributed by atoms with Gasteiger partial charge in [-0.15, -0.1) is 18.5 Å². The first kappa shape index (κ1) is 58.0. The molecule has 70 heavy (non-hydrogen) atoms. The van der Waals surface area contributed by atoms with E-state index < -0.39 is 0 Å². The highest BCUT2D eigenvalue weighted by Crippen LogP contribution is 2.37. The van der Waals surface area contributed by atoms with E-state index in [1.54, 1.807) is 0 Å². The maximum Gasteiger partial charge on any atom is 0.182 e. The van der Waals surface area contributed by atoms with Crippen LogP contribution in [-0.2, 0) is 47.3 Å². The minimum atomic E-state index is -0.0281. The van der Waals surface area contributed by atoms with E-state index in [2.05, 4.69) is 252 Å². The Morgan fingerprint density at radius 2 is 0.671 bits per heavy atom. The molecule has 378 valence electrons. The maximum absolute atomic E-state index is 5.97. The van der Waals surface area contributed by atoms with E-state index in [1.807, 2.05) is 12.1 Å². The molecule has 0 radical (unpaired) electrons. The third kappa shape index (κ3) is 17.9. The van der Waals surface area contributed by atoms with Gasteiger partial charge in [-0.1, -0.05) is 222 Å². The van der Waals surface area contributed by atoms with E-state index in [0.717, 1.165) is 48.7 Å². The van der Waals surface area contributed by atoms with Crippen molar-refractivity contribution in [3.8, 4) is 34.1 Å². The molecule has 0 bridgehead atoms. The Labute approximate surface area is 430 Å². The van der Waals surface area contributed by atoms with Crippen LogP contribution in [0.4, 0.5) is 0 Å². The second kappa shape index (κ2) is 25.2. The summed E-state index contributed by atoms with van der Waals surface area (Å²) in [6.45, 7) is 40.0. The third-order valence-electron chi connectivity index (χ3n) is 12.2. The van der Waals surface area contributed by atoms with Crippen molar-refractivity contribution >= 4 is 29.1 Å². The van der Waals surface area contributed by atoms with Gasteiger partial charge in [-0.05, 0) is 139 Å². The number of aryl methyl sites for hydroxylation is 2. The molecule has 4 nitrogen and oxygen atoms in total. The van der Waals surface area contributed by atoms with Crippen molar-refractivity contribution in [3.63, 3.8) is 0 Å². The zero-order valence-electron chi connectivity index (χ0n) is 46.3. The summed E-state index contributed by atoms with van der Waals surface area (Å²) in [5, 5.41) is 2.44. The summed E-state index contributed by atoms with van der Waals surface area (Å²) < 4.78 is 0. The van der Waals surface area contributed by atoms with Gasteiger partial charge in [-0.25, -0.2) is 0 Å². The molecule has 0 saturated heterocycles. The topological polar surface area (TPSA) is 36.9 Å².